The summed E-state index contributed by atoms with van der Waals surface area (Å²) in [6.45, 7) is 7.96. The first-order valence-corrected chi connectivity index (χ1v) is 6.97. The summed E-state index contributed by atoms with van der Waals surface area (Å²) in [5, 5.41) is 1.87. The molecule has 0 unspecified atom stereocenters. The van der Waals surface area contributed by atoms with Crippen molar-refractivity contribution in [2.75, 3.05) is 13.6 Å². The van der Waals surface area contributed by atoms with Gasteiger partial charge in [0.15, 0.2) is 5.17 Å². The van der Waals surface area contributed by atoms with E-state index in [1.54, 1.807) is 0 Å². The van der Waals surface area contributed by atoms with Crippen LogP contribution >= 0.6 is 11.8 Å². The summed E-state index contributed by atoms with van der Waals surface area (Å²) >= 11 is 1.90. The quantitative estimate of drug-likeness (QED) is 0.532. The Labute approximate surface area is 98.5 Å². The van der Waals surface area contributed by atoms with Gasteiger partial charge in [-0.15, -0.1) is 0 Å². The van der Waals surface area contributed by atoms with Crippen molar-refractivity contribution in [1.29, 1.82) is 0 Å². The fourth-order valence-corrected chi connectivity index (χ4v) is 3.04. The van der Waals surface area contributed by atoms with Gasteiger partial charge in [-0.05, 0) is 25.7 Å². The van der Waals surface area contributed by atoms with Crippen LogP contribution in [-0.4, -0.2) is 35.0 Å². The molecule has 88 valence electrons. The third-order valence-electron chi connectivity index (χ3n) is 2.88. The summed E-state index contributed by atoms with van der Waals surface area (Å²) in [7, 11) is 1.92. The molecule has 0 saturated carbocycles. The summed E-state index contributed by atoms with van der Waals surface area (Å²) in [6, 6.07) is 0.726. The van der Waals surface area contributed by atoms with Crippen molar-refractivity contribution < 1.29 is 0 Å². The molecule has 0 aliphatic carbocycles. The normalized spacial score (nSPS) is 23.7. The number of rotatable bonds is 2. The Morgan fingerprint density at radius 1 is 1.47 bits per heavy atom. The Morgan fingerprint density at radius 3 is 2.73 bits per heavy atom. The highest BCUT2D eigenvalue weighted by Gasteiger charge is 2.24. The van der Waals surface area contributed by atoms with Gasteiger partial charge in [0.25, 0.3) is 0 Å². The highest BCUT2D eigenvalue weighted by atomic mass is 32.2. The minimum Gasteiger partial charge on any atom is -0.349 e. The van der Waals surface area contributed by atoms with Crippen LogP contribution in [0.4, 0.5) is 0 Å². The van der Waals surface area contributed by atoms with E-state index in [-0.39, 0.29) is 0 Å². The van der Waals surface area contributed by atoms with Crippen LogP contribution in [-0.2, 0) is 0 Å². The Bertz CT molecular complexity index is 214. The molecule has 1 heterocycles. The first kappa shape index (κ1) is 12.9. The number of thioether (sulfide) groups is 1. The van der Waals surface area contributed by atoms with Crippen molar-refractivity contribution in [3.8, 4) is 0 Å². The summed E-state index contributed by atoms with van der Waals surface area (Å²) in [4.78, 5) is 6.98. The molecular weight excluding hydrogens is 204 g/mol. The van der Waals surface area contributed by atoms with Crippen LogP contribution < -0.4 is 0 Å². The molecule has 1 fully saturated rings. The lowest BCUT2D eigenvalue weighted by atomic mass is 10.0. The molecule has 0 aromatic heterocycles. The molecule has 0 aromatic carbocycles. The fraction of sp³-hybridized carbons (Fsp3) is 0.917. The van der Waals surface area contributed by atoms with Crippen LogP contribution in [0, 0.1) is 0 Å². The molecule has 0 amide bonds. The van der Waals surface area contributed by atoms with Crippen molar-refractivity contribution in [2.24, 2.45) is 4.99 Å². The molecule has 15 heavy (non-hydrogen) atoms. The van der Waals surface area contributed by atoms with Crippen LogP contribution in [0.25, 0.3) is 0 Å². The van der Waals surface area contributed by atoms with E-state index >= 15 is 0 Å². The third kappa shape index (κ3) is 3.71. The maximum atomic E-state index is 4.46. The molecule has 1 atom stereocenters. The number of amidine groups is 1. The van der Waals surface area contributed by atoms with E-state index in [1.807, 2.05) is 18.8 Å². The number of piperidine rings is 1. The van der Waals surface area contributed by atoms with E-state index in [2.05, 4.69) is 30.7 Å². The Kier molecular flexibility index (Phi) is 5.51. The first-order valence-electron chi connectivity index (χ1n) is 6.09. The van der Waals surface area contributed by atoms with Crippen molar-refractivity contribution >= 4 is 16.9 Å². The number of likely N-dealkylation sites (tertiary alicyclic amines) is 1. The van der Waals surface area contributed by atoms with Gasteiger partial charge >= 0.3 is 0 Å². The van der Waals surface area contributed by atoms with Gasteiger partial charge in [-0.1, -0.05) is 32.5 Å². The van der Waals surface area contributed by atoms with Crippen molar-refractivity contribution in [2.45, 2.75) is 57.7 Å². The molecule has 0 aromatic rings. The van der Waals surface area contributed by atoms with Gasteiger partial charge in [0.2, 0.25) is 0 Å². The van der Waals surface area contributed by atoms with E-state index in [9.17, 15) is 0 Å². The Hall–Kier alpha value is -0.180. The molecule has 1 saturated heterocycles. The first-order chi connectivity index (χ1) is 7.19. The molecule has 1 rings (SSSR count). The summed E-state index contributed by atoms with van der Waals surface area (Å²) in [5.74, 6) is 0. The summed E-state index contributed by atoms with van der Waals surface area (Å²) in [6.07, 6.45) is 5.30. The van der Waals surface area contributed by atoms with Gasteiger partial charge in [-0.25, -0.2) is 0 Å². The van der Waals surface area contributed by atoms with Crippen molar-refractivity contribution in [1.82, 2.24) is 4.90 Å². The lowest BCUT2D eigenvalue weighted by Crippen LogP contribution is -2.42. The lowest BCUT2D eigenvalue weighted by Gasteiger charge is -2.37. The largest absolute Gasteiger partial charge is 0.349 e. The SMILES string of the molecule is CC[C@@H]1CCCCN1/C(=N/C)SC(C)C. The van der Waals surface area contributed by atoms with E-state index < -0.39 is 0 Å². The molecule has 1 aliphatic rings. The molecule has 3 heteroatoms. The predicted molar refractivity (Wildman–Crippen MR) is 70.7 cm³/mol. The smallest absolute Gasteiger partial charge is 0.159 e. The number of aliphatic imine (C=N–C) groups is 1. The van der Waals surface area contributed by atoms with E-state index in [4.69, 9.17) is 0 Å². The maximum absolute atomic E-state index is 4.46. The highest BCUT2D eigenvalue weighted by Crippen LogP contribution is 2.25. The second kappa shape index (κ2) is 6.41. The predicted octanol–water partition coefficient (Wildman–Crippen LogP) is 3.38. The maximum Gasteiger partial charge on any atom is 0.159 e. The van der Waals surface area contributed by atoms with Gasteiger partial charge in [0, 0.05) is 24.9 Å². The van der Waals surface area contributed by atoms with E-state index in [1.165, 1.54) is 37.4 Å². The molecule has 0 spiro atoms. The van der Waals surface area contributed by atoms with Crippen LogP contribution in [0.15, 0.2) is 4.99 Å². The molecular formula is C12H24N2S. The molecule has 0 radical (unpaired) electrons. The molecule has 2 nitrogen and oxygen atoms in total. The summed E-state index contributed by atoms with van der Waals surface area (Å²) < 4.78 is 0. The Morgan fingerprint density at radius 2 is 2.20 bits per heavy atom. The lowest BCUT2D eigenvalue weighted by molar-refractivity contribution is 0.240. The van der Waals surface area contributed by atoms with Gasteiger partial charge in [0.05, 0.1) is 0 Å². The fourth-order valence-electron chi connectivity index (χ4n) is 2.14. The zero-order valence-corrected chi connectivity index (χ0v) is 11.3. The van der Waals surface area contributed by atoms with Crippen LogP contribution in [0.5, 0.6) is 0 Å². The van der Waals surface area contributed by atoms with Crippen LogP contribution in [0.3, 0.4) is 0 Å². The zero-order valence-electron chi connectivity index (χ0n) is 10.5. The standard InChI is InChI=1S/C12H24N2S/c1-5-11-8-6-7-9-14(11)12(13-4)15-10(2)3/h10-11H,5-9H2,1-4H3/b13-12-/t11-/m1/s1. The van der Waals surface area contributed by atoms with Gasteiger partial charge in [-0.2, -0.15) is 0 Å². The molecule has 1 aliphatic heterocycles. The van der Waals surface area contributed by atoms with Crippen molar-refractivity contribution in [3.63, 3.8) is 0 Å². The Balaban J connectivity index is 2.64. The highest BCUT2D eigenvalue weighted by molar-refractivity contribution is 8.14. The van der Waals surface area contributed by atoms with Gasteiger partial charge in [0.1, 0.15) is 0 Å². The number of hydrogen-bond donors (Lipinski definition) is 0. The summed E-state index contributed by atoms with van der Waals surface area (Å²) in [5.41, 5.74) is 0. The topological polar surface area (TPSA) is 15.6 Å². The van der Waals surface area contributed by atoms with Crippen molar-refractivity contribution in [3.05, 3.63) is 0 Å². The zero-order chi connectivity index (χ0) is 11.3. The van der Waals surface area contributed by atoms with Gasteiger partial charge < -0.3 is 4.90 Å². The minimum absolute atomic E-state index is 0.628. The number of hydrogen-bond acceptors (Lipinski definition) is 2. The monoisotopic (exact) mass is 228 g/mol. The van der Waals surface area contributed by atoms with E-state index in [0.29, 0.717) is 5.25 Å². The average molecular weight is 228 g/mol. The number of nitrogens with zero attached hydrogens (tertiary/aromatic N) is 2. The molecule has 0 N–H and O–H groups in total. The van der Waals surface area contributed by atoms with Crippen LogP contribution in [0.2, 0.25) is 0 Å². The second-order valence-electron chi connectivity index (χ2n) is 4.42. The van der Waals surface area contributed by atoms with Gasteiger partial charge in [-0.3, -0.25) is 4.99 Å². The third-order valence-corrected chi connectivity index (χ3v) is 3.98. The minimum atomic E-state index is 0.628. The van der Waals surface area contributed by atoms with E-state index in [0.717, 1.165) is 6.04 Å². The van der Waals surface area contributed by atoms with Crippen LogP contribution in [0.1, 0.15) is 46.5 Å². The second-order valence-corrected chi connectivity index (χ2v) is 5.97. The average Bonchev–Trinajstić information content (AvgIpc) is 2.25. The molecule has 0 bridgehead atoms.